The number of benzene rings is 1. The van der Waals surface area contributed by atoms with E-state index in [4.69, 9.17) is 10.5 Å². The molecule has 1 unspecified atom stereocenters. The standard InChI is InChI=1S/C19H28N2O2.ClH/c1-19(13-20)11-12-21(14-19)18(22)16-9-5-6-10-17(16)23-15-7-3-2-4-8-15;/h5-6,9-10,15H,2-4,7-8,11-14,20H2,1H3;1H. The summed E-state index contributed by atoms with van der Waals surface area (Å²) >= 11 is 0. The zero-order chi connectivity index (χ0) is 16.3. The van der Waals surface area contributed by atoms with Gasteiger partial charge in [0.25, 0.3) is 5.91 Å². The SMILES string of the molecule is CC1(CN)CCN(C(=O)c2ccccc2OC2CCCCC2)C1.Cl. The summed E-state index contributed by atoms with van der Waals surface area (Å²) in [6, 6.07) is 7.68. The molecule has 0 spiro atoms. The van der Waals surface area contributed by atoms with Crippen molar-refractivity contribution in [3.63, 3.8) is 0 Å². The molecule has 1 aliphatic heterocycles. The van der Waals surface area contributed by atoms with E-state index in [-0.39, 0.29) is 29.8 Å². The predicted molar refractivity (Wildman–Crippen MR) is 98.9 cm³/mol. The number of hydrogen-bond acceptors (Lipinski definition) is 3. The van der Waals surface area contributed by atoms with E-state index in [1.165, 1.54) is 19.3 Å². The van der Waals surface area contributed by atoms with Crippen LogP contribution in [0.5, 0.6) is 5.75 Å². The normalized spacial score (nSPS) is 24.5. The predicted octanol–water partition coefficient (Wildman–Crippen LogP) is 3.63. The molecule has 24 heavy (non-hydrogen) atoms. The van der Waals surface area contributed by atoms with E-state index in [0.29, 0.717) is 12.1 Å². The first kappa shape index (κ1) is 19.1. The summed E-state index contributed by atoms with van der Waals surface area (Å²) in [5, 5.41) is 0. The molecule has 2 aliphatic rings. The van der Waals surface area contributed by atoms with Gasteiger partial charge in [-0.05, 0) is 56.2 Å². The van der Waals surface area contributed by atoms with Crippen molar-refractivity contribution in [2.45, 2.75) is 51.6 Å². The highest BCUT2D eigenvalue weighted by Gasteiger charge is 2.36. The van der Waals surface area contributed by atoms with Crippen molar-refractivity contribution in [1.82, 2.24) is 4.90 Å². The molecule has 2 N–H and O–H groups in total. The number of ether oxygens (including phenoxy) is 1. The van der Waals surface area contributed by atoms with E-state index in [0.717, 1.165) is 38.1 Å². The lowest BCUT2D eigenvalue weighted by molar-refractivity contribution is 0.0766. The van der Waals surface area contributed by atoms with Gasteiger partial charge >= 0.3 is 0 Å². The molecule has 3 rings (SSSR count). The van der Waals surface area contributed by atoms with Crippen LogP contribution >= 0.6 is 12.4 Å². The number of amides is 1. The molecule has 2 fully saturated rings. The van der Waals surface area contributed by atoms with Gasteiger partial charge in [-0.2, -0.15) is 0 Å². The van der Waals surface area contributed by atoms with E-state index in [2.05, 4.69) is 6.92 Å². The van der Waals surface area contributed by atoms with Crippen molar-refractivity contribution >= 4 is 18.3 Å². The molecule has 0 radical (unpaired) electrons. The highest BCUT2D eigenvalue weighted by Crippen LogP contribution is 2.32. The highest BCUT2D eigenvalue weighted by atomic mass is 35.5. The van der Waals surface area contributed by atoms with Crippen molar-refractivity contribution in [1.29, 1.82) is 0 Å². The second kappa shape index (κ2) is 8.21. The molecule has 1 saturated heterocycles. The first-order chi connectivity index (χ1) is 11.1. The molecule has 1 saturated carbocycles. The van der Waals surface area contributed by atoms with Crippen LogP contribution in [-0.4, -0.2) is 36.5 Å². The van der Waals surface area contributed by atoms with Crippen LogP contribution in [0.15, 0.2) is 24.3 Å². The Labute approximate surface area is 151 Å². The average Bonchev–Trinajstić information content (AvgIpc) is 2.99. The van der Waals surface area contributed by atoms with Crippen molar-refractivity contribution in [3.8, 4) is 5.75 Å². The Morgan fingerprint density at radius 2 is 2.00 bits per heavy atom. The van der Waals surface area contributed by atoms with Crippen LogP contribution in [0, 0.1) is 5.41 Å². The lowest BCUT2D eigenvalue weighted by Crippen LogP contribution is -2.34. The van der Waals surface area contributed by atoms with Gasteiger partial charge in [-0.1, -0.05) is 25.5 Å². The van der Waals surface area contributed by atoms with Gasteiger partial charge in [0.05, 0.1) is 11.7 Å². The number of rotatable bonds is 4. The molecule has 134 valence electrons. The topological polar surface area (TPSA) is 55.6 Å². The summed E-state index contributed by atoms with van der Waals surface area (Å²) in [4.78, 5) is 14.8. The number of hydrogen-bond donors (Lipinski definition) is 1. The lowest BCUT2D eigenvalue weighted by Gasteiger charge is -2.26. The molecule has 1 heterocycles. The molecular weight excluding hydrogens is 324 g/mol. The highest BCUT2D eigenvalue weighted by molar-refractivity contribution is 5.97. The Kier molecular flexibility index (Phi) is 6.53. The quantitative estimate of drug-likeness (QED) is 0.900. The first-order valence-corrected chi connectivity index (χ1v) is 8.86. The minimum Gasteiger partial charge on any atom is -0.490 e. The molecule has 1 atom stereocenters. The monoisotopic (exact) mass is 352 g/mol. The van der Waals surface area contributed by atoms with Crippen LogP contribution in [0.1, 0.15) is 55.8 Å². The number of nitrogens with two attached hydrogens (primary N) is 1. The Balaban J connectivity index is 0.00000208. The third-order valence-corrected chi connectivity index (χ3v) is 5.30. The molecular formula is C19H29ClN2O2. The zero-order valence-corrected chi connectivity index (χ0v) is 15.3. The Morgan fingerprint density at radius 1 is 1.29 bits per heavy atom. The number of para-hydroxylation sites is 1. The molecule has 1 aromatic rings. The van der Waals surface area contributed by atoms with E-state index < -0.39 is 0 Å². The number of nitrogens with zero attached hydrogens (tertiary/aromatic N) is 1. The molecule has 5 heteroatoms. The number of carbonyl (C=O) groups is 1. The third-order valence-electron chi connectivity index (χ3n) is 5.30. The minimum absolute atomic E-state index is 0. The van der Waals surface area contributed by atoms with E-state index >= 15 is 0 Å². The van der Waals surface area contributed by atoms with Gasteiger partial charge in [0, 0.05) is 13.1 Å². The largest absolute Gasteiger partial charge is 0.490 e. The Morgan fingerprint density at radius 3 is 2.67 bits per heavy atom. The van der Waals surface area contributed by atoms with Crippen LogP contribution in [-0.2, 0) is 0 Å². The van der Waals surface area contributed by atoms with E-state index in [1.54, 1.807) is 0 Å². The van der Waals surface area contributed by atoms with Gasteiger partial charge in [0.2, 0.25) is 0 Å². The summed E-state index contributed by atoms with van der Waals surface area (Å²) in [6.45, 7) is 4.30. The maximum Gasteiger partial charge on any atom is 0.257 e. The maximum absolute atomic E-state index is 12.9. The smallest absolute Gasteiger partial charge is 0.257 e. The maximum atomic E-state index is 12.9. The van der Waals surface area contributed by atoms with Crippen molar-refractivity contribution in [2.24, 2.45) is 11.1 Å². The summed E-state index contributed by atoms with van der Waals surface area (Å²) in [5.74, 6) is 0.819. The molecule has 4 nitrogen and oxygen atoms in total. The van der Waals surface area contributed by atoms with Crippen LogP contribution < -0.4 is 10.5 Å². The second-order valence-electron chi connectivity index (χ2n) is 7.37. The summed E-state index contributed by atoms with van der Waals surface area (Å²) < 4.78 is 6.17. The van der Waals surface area contributed by atoms with Crippen molar-refractivity contribution in [2.75, 3.05) is 19.6 Å². The average molecular weight is 353 g/mol. The molecule has 0 aromatic heterocycles. The van der Waals surface area contributed by atoms with Crippen molar-refractivity contribution in [3.05, 3.63) is 29.8 Å². The third kappa shape index (κ3) is 4.22. The number of halogens is 1. The van der Waals surface area contributed by atoms with Gasteiger partial charge in [0.15, 0.2) is 0 Å². The molecule has 1 aliphatic carbocycles. The molecule has 1 aromatic carbocycles. The lowest BCUT2D eigenvalue weighted by atomic mass is 9.90. The molecule has 0 bridgehead atoms. The van der Waals surface area contributed by atoms with Gasteiger partial charge in [-0.25, -0.2) is 0 Å². The van der Waals surface area contributed by atoms with Gasteiger partial charge in [-0.15, -0.1) is 12.4 Å². The van der Waals surface area contributed by atoms with Crippen LogP contribution in [0.2, 0.25) is 0 Å². The second-order valence-corrected chi connectivity index (χ2v) is 7.37. The minimum atomic E-state index is 0. The fraction of sp³-hybridized carbons (Fsp3) is 0.632. The molecule has 1 amide bonds. The van der Waals surface area contributed by atoms with Crippen LogP contribution in [0.4, 0.5) is 0 Å². The summed E-state index contributed by atoms with van der Waals surface area (Å²) in [5.41, 5.74) is 6.60. The fourth-order valence-electron chi connectivity index (χ4n) is 3.64. The summed E-state index contributed by atoms with van der Waals surface area (Å²) in [6.07, 6.45) is 7.16. The Hall–Kier alpha value is -1.26. The van der Waals surface area contributed by atoms with Gasteiger partial charge in [0.1, 0.15) is 5.75 Å². The fourth-order valence-corrected chi connectivity index (χ4v) is 3.64. The number of likely N-dealkylation sites (tertiary alicyclic amines) is 1. The van der Waals surface area contributed by atoms with Gasteiger partial charge in [-0.3, -0.25) is 4.79 Å². The van der Waals surface area contributed by atoms with E-state index in [9.17, 15) is 4.79 Å². The Bertz CT molecular complexity index is 560. The summed E-state index contributed by atoms with van der Waals surface area (Å²) in [7, 11) is 0. The first-order valence-electron chi connectivity index (χ1n) is 8.86. The zero-order valence-electron chi connectivity index (χ0n) is 14.5. The number of carbonyl (C=O) groups excluding carboxylic acids is 1. The van der Waals surface area contributed by atoms with Gasteiger partial charge < -0.3 is 15.4 Å². The van der Waals surface area contributed by atoms with E-state index in [1.807, 2.05) is 29.2 Å². The van der Waals surface area contributed by atoms with Crippen LogP contribution in [0.25, 0.3) is 0 Å². The van der Waals surface area contributed by atoms with Crippen molar-refractivity contribution < 1.29 is 9.53 Å². The van der Waals surface area contributed by atoms with Crippen LogP contribution in [0.3, 0.4) is 0 Å².